The van der Waals surface area contributed by atoms with Gasteiger partial charge in [-0.2, -0.15) is 0 Å². The van der Waals surface area contributed by atoms with Gasteiger partial charge in [0.2, 0.25) is 5.91 Å². The third-order valence-electron chi connectivity index (χ3n) is 4.31. The van der Waals surface area contributed by atoms with E-state index >= 15 is 0 Å². The highest BCUT2D eigenvalue weighted by Gasteiger charge is 2.22. The van der Waals surface area contributed by atoms with Gasteiger partial charge in [-0.1, -0.05) is 37.6 Å². The molecule has 1 heterocycles. The highest BCUT2D eigenvalue weighted by Crippen LogP contribution is 2.23. The van der Waals surface area contributed by atoms with Gasteiger partial charge in [0.1, 0.15) is 0 Å². The molecule has 5 heteroatoms. The molecular weight excluding hydrogens is 314 g/mol. The minimum atomic E-state index is -0.115. The molecule has 0 spiro atoms. The maximum absolute atomic E-state index is 12.4. The van der Waals surface area contributed by atoms with Crippen molar-refractivity contribution in [3.8, 4) is 0 Å². The topological polar surface area (TPSA) is 61.4 Å². The summed E-state index contributed by atoms with van der Waals surface area (Å²) in [6, 6.07) is 15.2. The minimum Gasteiger partial charge on any atom is -0.326 e. The third kappa shape index (κ3) is 4.38. The maximum Gasteiger partial charge on any atom is 0.322 e. The Morgan fingerprint density at radius 3 is 2.04 bits per heavy atom. The second kappa shape index (κ2) is 7.83. The normalized spacial score (nSPS) is 12.6. The molecule has 3 amide bonds. The largest absolute Gasteiger partial charge is 0.326 e. The number of nitrogens with one attached hydrogen (secondary N) is 2. The van der Waals surface area contributed by atoms with Gasteiger partial charge in [-0.05, 0) is 41.8 Å². The van der Waals surface area contributed by atoms with Gasteiger partial charge < -0.3 is 15.5 Å². The van der Waals surface area contributed by atoms with Crippen LogP contribution >= 0.6 is 0 Å². The number of carbonyl (C=O) groups excluding carboxylic acids is 2. The van der Waals surface area contributed by atoms with Gasteiger partial charge in [0.25, 0.3) is 0 Å². The molecule has 0 aliphatic carbocycles. The lowest BCUT2D eigenvalue weighted by molar-refractivity contribution is -0.116. The number of hydrogen-bond donors (Lipinski definition) is 2. The first-order valence-corrected chi connectivity index (χ1v) is 8.68. The Balaban J connectivity index is 1.53. The molecule has 2 N–H and O–H groups in total. The molecule has 130 valence electrons. The Hall–Kier alpha value is -2.82. The van der Waals surface area contributed by atoms with Crippen LogP contribution in [-0.2, 0) is 17.9 Å². The Kier molecular flexibility index (Phi) is 5.33. The monoisotopic (exact) mass is 337 g/mol. The molecule has 3 rings (SSSR count). The van der Waals surface area contributed by atoms with Gasteiger partial charge in [-0.25, -0.2) is 4.79 Å². The van der Waals surface area contributed by atoms with E-state index in [9.17, 15) is 9.59 Å². The van der Waals surface area contributed by atoms with E-state index in [0.717, 1.165) is 18.5 Å². The number of hydrogen-bond acceptors (Lipinski definition) is 2. The molecule has 1 aliphatic heterocycles. The first kappa shape index (κ1) is 17.0. The predicted molar refractivity (Wildman–Crippen MR) is 99.3 cm³/mol. The van der Waals surface area contributed by atoms with Crippen molar-refractivity contribution in [2.45, 2.75) is 39.3 Å². The molecule has 0 bridgehead atoms. The first-order chi connectivity index (χ1) is 12.2. The number of amides is 3. The van der Waals surface area contributed by atoms with Crippen LogP contribution < -0.4 is 10.6 Å². The Bertz CT molecular complexity index is 731. The van der Waals surface area contributed by atoms with Crippen molar-refractivity contribution in [1.82, 2.24) is 4.90 Å². The van der Waals surface area contributed by atoms with E-state index in [0.29, 0.717) is 25.2 Å². The lowest BCUT2D eigenvalue weighted by Gasteiger charge is -2.16. The van der Waals surface area contributed by atoms with Crippen LogP contribution in [0.25, 0.3) is 0 Å². The molecule has 0 atom stereocenters. The van der Waals surface area contributed by atoms with Crippen molar-refractivity contribution in [2.24, 2.45) is 0 Å². The van der Waals surface area contributed by atoms with Crippen molar-refractivity contribution in [3.05, 3.63) is 59.7 Å². The van der Waals surface area contributed by atoms with Crippen LogP contribution in [0, 0.1) is 0 Å². The number of fused-ring (bicyclic) bond motifs is 1. The second-order valence-corrected chi connectivity index (χ2v) is 6.28. The molecule has 5 nitrogen and oxygen atoms in total. The second-order valence-electron chi connectivity index (χ2n) is 6.28. The smallest absolute Gasteiger partial charge is 0.322 e. The standard InChI is InChI=1S/C20H23N3O2/c1-2-3-8-19(24)21-17-9-11-18(12-10-17)22-20(25)23-13-15-6-4-5-7-16(15)14-23/h4-7,9-12H,2-3,8,13-14H2,1H3,(H,21,24)(H,22,25). The molecule has 2 aromatic carbocycles. The van der Waals surface area contributed by atoms with E-state index in [1.54, 1.807) is 29.2 Å². The zero-order chi connectivity index (χ0) is 17.6. The van der Waals surface area contributed by atoms with Gasteiger partial charge >= 0.3 is 6.03 Å². The highest BCUT2D eigenvalue weighted by molar-refractivity contribution is 5.92. The summed E-state index contributed by atoms with van der Waals surface area (Å²) in [5, 5.41) is 5.77. The van der Waals surface area contributed by atoms with Crippen molar-refractivity contribution in [2.75, 3.05) is 10.6 Å². The van der Waals surface area contributed by atoms with E-state index in [1.807, 2.05) is 12.1 Å². The van der Waals surface area contributed by atoms with Gasteiger partial charge in [0.15, 0.2) is 0 Å². The van der Waals surface area contributed by atoms with Crippen molar-refractivity contribution < 1.29 is 9.59 Å². The van der Waals surface area contributed by atoms with Gasteiger partial charge in [0, 0.05) is 30.9 Å². The van der Waals surface area contributed by atoms with E-state index in [2.05, 4.69) is 29.7 Å². The molecule has 0 unspecified atom stereocenters. The summed E-state index contributed by atoms with van der Waals surface area (Å²) in [5.74, 6) is 0.0217. The summed E-state index contributed by atoms with van der Waals surface area (Å²) in [4.78, 5) is 25.9. The molecule has 2 aromatic rings. The lowest BCUT2D eigenvalue weighted by atomic mass is 10.1. The number of rotatable bonds is 5. The number of unbranched alkanes of at least 4 members (excludes halogenated alkanes) is 1. The Morgan fingerprint density at radius 2 is 1.48 bits per heavy atom. The summed E-state index contributed by atoms with van der Waals surface area (Å²) in [6.07, 6.45) is 2.42. The van der Waals surface area contributed by atoms with E-state index in [-0.39, 0.29) is 11.9 Å². The van der Waals surface area contributed by atoms with Crippen LogP contribution in [0.1, 0.15) is 37.3 Å². The average molecular weight is 337 g/mol. The number of urea groups is 1. The molecule has 0 radical (unpaired) electrons. The Morgan fingerprint density at radius 1 is 0.920 bits per heavy atom. The zero-order valence-corrected chi connectivity index (χ0v) is 14.4. The van der Waals surface area contributed by atoms with Crippen molar-refractivity contribution in [1.29, 1.82) is 0 Å². The van der Waals surface area contributed by atoms with E-state index in [1.165, 1.54) is 11.1 Å². The van der Waals surface area contributed by atoms with Gasteiger partial charge in [0.05, 0.1) is 0 Å². The average Bonchev–Trinajstić information content (AvgIpc) is 3.06. The molecule has 1 aliphatic rings. The summed E-state index contributed by atoms with van der Waals surface area (Å²) in [7, 11) is 0. The highest BCUT2D eigenvalue weighted by atomic mass is 16.2. The summed E-state index contributed by atoms with van der Waals surface area (Å²) in [6.45, 7) is 3.32. The molecule has 0 saturated carbocycles. The Labute approximate surface area is 148 Å². The first-order valence-electron chi connectivity index (χ1n) is 8.68. The molecule has 0 fully saturated rings. The summed E-state index contributed by atoms with van der Waals surface area (Å²) < 4.78 is 0. The fraction of sp³-hybridized carbons (Fsp3) is 0.300. The number of anilines is 2. The van der Waals surface area contributed by atoms with Crippen molar-refractivity contribution >= 4 is 23.3 Å². The van der Waals surface area contributed by atoms with Crippen molar-refractivity contribution in [3.63, 3.8) is 0 Å². The molecule has 0 saturated heterocycles. The van der Waals surface area contributed by atoms with Crippen LogP contribution in [0.3, 0.4) is 0 Å². The fourth-order valence-electron chi connectivity index (χ4n) is 2.88. The maximum atomic E-state index is 12.4. The molecule has 25 heavy (non-hydrogen) atoms. The van der Waals surface area contributed by atoms with E-state index in [4.69, 9.17) is 0 Å². The van der Waals surface area contributed by atoms with Crippen LogP contribution in [-0.4, -0.2) is 16.8 Å². The lowest BCUT2D eigenvalue weighted by Crippen LogP contribution is -2.30. The molecule has 0 aromatic heterocycles. The van der Waals surface area contributed by atoms with Crippen LogP contribution in [0.5, 0.6) is 0 Å². The van der Waals surface area contributed by atoms with E-state index < -0.39 is 0 Å². The van der Waals surface area contributed by atoms with Crippen LogP contribution in [0.15, 0.2) is 48.5 Å². The quantitative estimate of drug-likeness (QED) is 0.851. The number of benzene rings is 2. The SMILES string of the molecule is CCCCC(=O)Nc1ccc(NC(=O)N2Cc3ccccc3C2)cc1. The third-order valence-corrected chi connectivity index (χ3v) is 4.31. The van der Waals surface area contributed by atoms with Crippen LogP contribution in [0.4, 0.5) is 16.2 Å². The summed E-state index contributed by atoms with van der Waals surface area (Å²) in [5.41, 5.74) is 3.85. The predicted octanol–water partition coefficient (Wildman–Crippen LogP) is 4.36. The van der Waals surface area contributed by atoms with Gasteiger partial charge in [-0.15, -0.1) is 0 Å². The zero-order valence-electron chi connectivity index (χ0n) is 14.4. The number of nitrogens with zero attached hydrogens (tertiary/aromatic N) is 1. The molecular formula is C20H23N3O2. The summed E-state index contributed by atoms with van der Waals surface area (Å²) >= 11 is 0. The fourth-order valence-corrected chi connectivity index (χ4v) is 2.88. The van der Waals surface area contributed by atoms with Gasteiger partial charge in [-0.3, -0.25) is 4.79 Å². The van der Waals surface area contributed by atoms with Crippen LogP contribution in [0.2, 0.25) is 0 Å². The number of carbonyl (C=O) groups is 2. The minimum absolute atomic E-state index is 0.0217.